The summed E-state index contributed by atoms with van der Waals surface area (Å²) in [4.78, 5) is 16.7. The molecule has 0 aromatic heterocycles. The fourth-order valence-corrected chi connectivity index (χ4v) is 4.12. The van der Waals surface area contributed by atoms with Crippen LogP contribution in [0.1, 0.15) is 31.7 Å². The average Bonchev–Trinajstić information content (AvgIpc) is 3.03. The van der Waals surface area contributed by atoms with Gasteiger partial charge in [0.05, 0.1) is 18.8 Å². The molecule has 0 radical (unpaired) electrons. The van der Waals surface area contributed by atoms with E-state index < -0.39 is 5.60 Å². The largest absolute Gasteiger partial charge is 0.390 e. The van der Waals surface area contributed by atoms with Crippen LogP contribution in [0.4, 0.5) is 0 Å². The van der Waals surface area contributed by atoms with Gasteiger partial charge in [0.1, 0.15) is 0 Å². The molecule has 0 unspecified atom stereocenters. The Kier molecular flexibility index (Phi) is 5.77. The van der Waals surface area contributed by atoms with Crippen molar-refractivity contribution in [1.29, 1.82) is 0 Å². The first kappa shape index (κ1) is 18.4. The van der Waals surface area contributed by atoms with Crippen molar-refractivity contribution in [2.24, 2.45) is 5.92 Å². The maximum absolute atomic E-state index is 12.7. The zero-order valence-electron chi connectivity index (χ0n) is 15.4. The molecule has 1 aromatic carbocycles. The van der Waals surface area contributed by atoms with E-state index >= 15 is 0 Å². The Bertz CT molecular complexity index is 576. The minimum atomic E-state index is -0.704. The molecule has 2 fully saturated rings. The Labute approximate surface area is 150 Å². The summed E-state index contributed by atoms with van der Waals surface area (Å²) in [6.45, 7) is 5.09. The number of rotatable bonds is 5. The van der Waals surface area contributed by atoms with Gasteiger partial charge in [-0.1, -0.05) is 30.3 Å². The Morgan fingerprint density at radius 3 is 2.88 bits per heavy atom. The molecule has 138 valence electrons. The standard InChI is InChI=1S/C20H30N2O3/c1-20(24)10-12-25-15-17(20)18-9-6-11-22(18)14-19(23)21(2)13-16-7-4-3-5-8-16/h3-5,7-8,17-18,24H,6,9-15H2,1-2H3/t17-,18-,20-/m1/s1. The highest BCUT2D eigenvalue weighted by molar-refractivity contribution is 5.78. The molecule has 3 atom stereocenters. The average molecular weight is 346 g/mol. The van der Waals surface area contributed by atoms with Gasteiger partial charge in [-0.15, -0.1) is 0 Å². The van der Waals surface area contributed by atoms with E-state index in [1.54, 1.807) is 4.90 Å². The summed E-state index contributed by atoms with van der Waals surface area (Å²) in [7, 11) is 1.86. The summed E-state index contributed by atoms with van der Waals surface area (Å²) in [6.07, 6.45) is 2.77. The number of benzene rings is 1. The van der Waals surface area contributed by atoms with Crippen molar-refractivity contribution in [1.82, 2.24) is 9.80 Å². The lowest BCUT2D eigenvalue weighted by Gasteiger charge is -2.43. The van der Waals surface area contributed by atoms with E-state index in [9.17, 15) is 9.90 Å². The van der Waals surface area contributed by atoms with E-state index in [0.717, 1.165) is 24.9 Å². The maximum atomic E-state index is 12.7. The van der Waals surface area contributed by atoms with Gasteiger partial charge in [-0.3, -0.25) is 9.69 Å². The molecule has 25 heavy (non-hydrogen) atoms. The molecule has 1 amide bonds. The molecular formula is C20H30N2O3. The van der Waals surface area contributed by atoms with Crippen LogP contribution in [0.2, 0.25) is 0 Å². The topological polar surface area (TPSA) is 53.0 Å². The number of likely N-dealkylation sites (N-methyl/N-ethyl adjacent to an activating group) is 1. The lowest BCUT2D eigenvalue weighted by Crippen LogP contribution is -2.53. The number of carbonyl (C=O) groups is 1. The SMILES string of the molecule is CN(Cc1ccccc1)C(=O)CN1CCC[C@@H]1[C@H]1COCC[C@@]1(C)O. The lowest BCUT2D eigenvalue weighted by molar-refractivity contribution is -0.138. The van der Waals surface area contributed by atoms with Gasteiger partial charge in [-0.05, 0) is 38.3 Å². The zero-order valence-corrected chi connectivity index (χ0v) is 15.4. The van der Waals surface area contributed by atoms with E-state index in [2.05, 4.69) is 4.90 Å². The molecular weight excluding hydrogens is 316 g/mol. The second-order valence-electron chi connectivity index (χ2n) is 7.70. The van der Waals surface area contributed by atoms with Crippen LogP contribution < -0.4 is 0 Å². The smallest absolute Gasteiger partial charge is 0.236 e. The summed E-state index contributed by atoms with van der Waals surface area (Å²) in [6, 6.07) is 10.3. The monoisotopic (exact) mass is 346 g/mol. The predicted molar refractivity (Wildman–Crippen MR) is 97.1 cm³/mol. The predicted octanol–water partition coefficient (Wildman–Crippen LogP) is 1.90. The van der Waals surface area contributed by atoms with Crippen LogP contribution in [0.15, 0.2) is 30.3 Å². The molecule has 2 heterocycles. The van der Waals surface area contributed by atoms with E-state index in [0.29, 0.717) is 32.7 Å². The van der Waals surface area contributed by atoms with Gasteiger partial charge in [0.25, 0.3) is 0 Å². The molecule has 5 heteroatoms. The van der Waals surface area contributed by atoms with Crippen molar-refractivity contribution in [2.75, 3.05) is 33.4 Å². The highest BCUT2D eigenvalue weighted by Gasteiger charge is 2.44. The molecule has 1 N–H and O–H groups in total. The number of likely N-dealkylation sites (tertiary alicyclic amines) is 1. The summed E-state index contributed by atoms with van der Waals surface area (Å²) in [5, 5.41) is 10.7. The van der Waals surface area contributed by atoms with Crippen LogP contribution >= 0.6 is 0 Å². The first-order valence-electron chi connectivity index (χ1n) is 9.29. The van der Waals surface area contributed by atoms with Crippen molar-refractivity contribution < 1.29 is 14.6 Å². The normalized spacial score (nSPS) is 30.4. The molecule has 3 rings (SSSR count). The first-order chi connectivity index (χ1) is 12.0. The van der Waals surface area contributed by atoms with Crippen LogP contribution in [0.5, 0.6) is 0 Å². The summed E-state index contributed by atoms with van der Waals surface area (Å²) < 4.78 is 5.63. The van der Waals surface area contributed by atoms with Gasteiger partial charge >= 0.3 is 0 Å². The van der Waals surface area contributed by atoms with Crippen LogP contribution in [0.3, 0.4) is 0 Å². The van der Waals surface area contributed by atoms with Crippen molar-refractivity contribution in [3.63, 3.8) is 0 Å². The van der Waals surface area contributed by atoms with Crippen LogP contribution in [0, 0.1) is 5.92 Å². The molecule has 0 spiro atoms. The minimum Gasteiger partial charge on any atom is -0.390 e. The van der Waals surface area contributed by atoms with Crippen molar-refractivity contribution in [2.45, 2.75) is 44.4 Å². The number of aliphatic hydroxyl groups is 1. The summed E-state index contributed by atoms with van der Waals surface area (Å²) >= 11 is 0. The fraction of sp³-hybridized carbons (Fsp3) is 0.650. The van der Waals surface area contributed by atoms with Gasteiger partial charge in [0.15, 0.2) is 0 Å². The second kappa shape index (κ2) is 7.85. The molecule has 2 saturated heterocycles. The van der Waals surface area contributed by atoms with E-state index in [1.165, 1.54) is 0 Å². The van der Waals surface area contributed by atoms with Gasteiger partial charge in [-0.25, -0.2) is 0 Å². The third kappa shape index (κ3) is 4.40. The molecule has 0 bridgehead atoms. The molecule has 2 aliphatic rings. The summed E-state index contributed by atoms with van der Waals surface area (Å²) in [5.74, 6) is 0.211. The Balaban J connectivity index is 1.60. The van der Waals surface area contributed by atoms with Crippen LogP contribution in [-0.4, -0.2) is 65.8 Å². The van der Waals surface area contributed by atoms with Crippen molar-refractivity contribution >= 4 is 5.91 Å². The van der Waals surface area contributed by atoms with Gasteiger partial charge in [0, 0.05) is 32.2 Å². The van der Waals surface area contributed by atoms with Crippen LogP contribution in [-0.2, 0) is 16.1 Å². The van der Waals surface area contributed by atoms with E-state index in [1.807, 2.05) is 44.3 Å². The highest BCUT2D eigenvalue weighted by Crippen LogP contribution is 2.35. The van der Waals surface area contributed by atoms with Gasteiger partial charge in [-0.2, -0.15) is 0 Å². The molecule has 0 aliphatic carbocycles. The third-order valence-corrected chi connectivity index (χ3v) is 5.75. The molecule has 5 nitrogen and oxygen atoms in total. The highest BCUT2D eigenvalue weighted by atomic mass is 16.5. The van der Waals surface area contributed by atoms with Gasteiger partial charge in [0.2, 0.25) is 5.91 Å². The summed E-state index contributed by atoms with van der Waals surface area (Å²) in [5.41, 5.74) is 0.435. The number of hydrogen-bond donors (Lipinski definition) is 1. The van der Waals surface area contributed by atoms with Crippen molar-refractivity contribution in [3.05, 3.63) is 35.9 Å². The molecule has 0 saturated carbocycles. The Morgan fingerprint density at radius 2 is 2.16 bits per heavy atom. The Morgan fingerprint density at radius 1 is 1.40 bits per heavy atom. The second-order valence-corrected chi connectivity index (χ2v) is 7.70. The quantitative estimate of drug-likeness (QED) is 0.885. The number of carbonyl (C=O) groups excluding carboxylic acids is 1. The number of hydrogen-bond acceptors (Lipinski definition) is 4. The number of ether oxygens (including phenoxy) is 1. The van der Waals surface area contributed by atoms with Crippen molar-refractivity contribution in [3.8, 4) is 0 Å². The zero-order chi connectivity index (χ0) is 17.9. The number of nitrogens with zero attached hydrogens (tertiary/aromatic N) is 2. The van der Waals surface area contributed by atoms with Gasteiger partial charge < -0.3 is 14.7 Å². The fourth-order valence-electron chi connectivity index (χ4n) is 4.12. The molecule has 2 aliphatic heterocycles. The van der Waals surface area contributed by atoms with E-state index in [-0.39, 0.29) is 17.9 Å². The Hall–Kier alpha value is -1.43. The van der Waals surface area contributed by atoms with Crippen LogP contribution in [0.25, 0.3) is 0 Å². The maximum Gasteiger partial charge on any atom is 0.236 e. The molecule has 1 aromatic rings. The minimum absolute atomic E-state index is 0.0796. The third-order valence-electron chi connectivity index (χ3n) is 5.75. The number of amides is 1. The first-order valence-corrected chi connectivity index (χ1v) is 9.29. The lowest BCUT2D eigenvalue weighted by atomic mass is 9.79. The van der Waals surface area contributed by atoms with E-state index in [4.69, 9.17) is 4.74 Å².